The first-order chi connectivity index (χ1) is 16.7. The van der Waals surface area contributed by atoms with E-state index in [-0.39, 0.29) is 23.1 Å². The van der Waals surface area contributed by atoms with Crippen LogP contribution in [-0.4, -0.2) is 37.6 Å². The molecule has 1 atom stereocenters. The third-order valence-electron chi connectivity index (χ3n) is 4.81. The Morgan fingerprint density at radius 3 is 2.50 bits per heavy atom. The van der Waals surface area contributed by atoms with Crippen molar-refractivity contribution >= 4 is 33.3 Å². The number of nitrogens with zero attached hydrogens (tertiary/aromatic N) is 1. The molecule has 2 rings (SSSR count). The molecule has 36 heavy (non-hydrogen) atoms. The van der Waals surface area contributed by atoms with E-state index in [0.29, 0.717) is 12.5 Å². The summed E-state index contributed by atoms with van der Waals surface area (Å²) in [6.45, 7) is 3.19. The molecular formula is C22H24ClF3N2O7S. The lowest BCUT2D eigenvalue weighted by molar-refractivity contribution is -0.385. The van der Waals surface area contributed by atoms with Gasteiger partial charge in [0.05, 0.1) is 27.4 Å². The van der Waals surface area contributed by atoms with E-state index in [0.717, 1.165) is 43.2 Å². The van der Waals surface area contributed by atoms with Crippen LogP contribution in [-0.2, 0) is 20.5 Å². The summed E-state index contributed by atoms with van der Waals surface area (Å²) in [6.07, 6.45) is -2.95. The van der Waals surface area contributed by atoms with Gasteiger partial charge in [0.1, 0.15) is 17.1 Å². The molecule has 2 aromatic carbocycles. The SMILES string of the molecule is CCCCC(C)OS(=O)(=O)CCNC(=O)c1cc(Oc2ccc(C(F)(F)F)cc2Cl)ccc1[N+](=O)[O-]. The third-order valence-corrected chi connectivity index (χ3v) is 6.43. The van der Waals surface area contributed by atoms with E-state index in [9.17, 15) is 36.5 Å². The minimum absolute atomic E-state index is 0.117. The van der Waals surface area contributed by atoms with E-state index in [1.165, 1.54) is 0 Å². The van der Waals surface area contributed by atoms with Crippen LogP contribution in [0.25, 0.3) is 0 Å². The van der Waals surface area contributed by atoms with Gasteiger partial charge in [-0.3, -0.25) is 19.1 Å². The molecule has 0 bridgehead atoms. The Labute approximate surface area is 210 Å². The highest BCUT2D eigenvalue weighted by Crippen LogP contribution is 2.37. The molecule has 1 N–H and O–H groups in total. The van der Waals surface area contributed by atoms with Gasteiger partial charge >= 0.3 is 6.18 Å². The van der Waals surface area contributed by atoms with Gasteiger partial charge in [-0.05, 0) is 37.6 Å². The van der Waals surface area contributed by atoms with Gasteiger partial charge in [-0.2, -0.15) is 21.6 Å². The fourth-order valence-electron chi connectivity index (χ4n) is 3.03. The van der Waals surface area contributed by atoms with Gasteiger partial charge in [0.2, 0.25) is 0 Å². The van der Waals surface area contributed by atoms with E-state index in [1.54, 1.807) is 6.92 Å². The summed E-state index contributed by atoms with van der Waals surface area (Å²) in [5.41, 5.74) is -2.04. The van der Waals surface area contributed by atoms with Crippen LogP contribution < -0.4 is 10.1 Å². The van der Waals surface area contributed by atoms with Gasteiger partial charge in [-0.15, -0.1) is 0 Å². The second kappa shape index (κ2) is 12.4. The molecule has 198 valence electrons. The number of nitrogens with one attached hydrogen (secondary N) is 1. The first-order valence-corrected chi connectivity index (χ1v) is 12.7. The van der Waals surface area contributed by atoms with Crippen LogP contribution in [0.5, 0.6) is 11.5 Å². The summed E-state index contributed by atoms with van der Waals surface area (Å²) in [6, 6.07) is 5.47. The van der Waals surface area contributed by atoms with Crippen LogP contribution >= 0.6 is 11.6 Å². The molecule has 0 spiro atoms. The number of rotatable bonds is 12. The fraction of sp³-hybridized carbons (Fsp3) is 0.409. The Balaban J connectivity index is 2.14. The Bertz CT molecular complexity index is 1210. The second-order valence-electron chi connectivity index (χ2n) is 7.75. The molecule has 14 heteroatoms. The average Bonchev–Trinajstić information content (AvgIpc) is 2.77. The van der Waals surface area contributed by atoms with Crippen LogP contribution in [0, 0.1) is 10.1 Å². The quantitative estimate of drug-likeness (QED) is 0.203. The van der Waals surface area contributed by atoms with E-state index in [2.05, 4.69) is 5.32 Å². The number of amides is 1. The predicted octanol–water partition coefficient (Wildman–Crippen LogP) is 5.71. The number of halogens is 4. The maximum Gasteiger partial charge on any atom is 0.416 e. The minimum Gasteiger partial charge on any atom is -0.456 e. The topological polar surface area (TPSA) is 125 Å². The number of ether oxygens (including phenoxy) is 1. The maximum absolute atomic E-state index is 12.8. The standard InChI is InChI=1S/C22H24ClF3N2O7S/c1-3-4-5-14(2)35-36(32,33)11-10-27-21(29)17-13-16(7-8-19(17)28(30)31)34-20-9-6-15(12-18(20)23)22(24,25)26/h6-9,12-14H,3-5,10-11H2,1-2H3,(H,27,29). The van der Waals surface area contributed by atoms with Crippen molar-refractivity contribution in [3.05, 3.63) is 62.7 Å². The van der Waals surface area contributed by atoms with Crippen molar-refractivity contribution in [3.8, 4) is 11.5 Å². The Kier molecular flexibility index (Phi) is 10.1. The summed E-state index contributed by atoms with van der Waals surface area (Å²) < 4.78 is 73.1. The van der Waals surface area contributed by atoms with Crippen molar-refractivity contribution < 1.29 is 40.2 Å². The third kappa shape index (κ3) is 8.64. The van der Waals surface area contributed by atoms with E-state index in [1.807, 2.05) is 6.92 Å². The lowest BCUT2D eigenvalue weighted by atomic mass is 10.1. The highest BCUT2D eigenvalue weighted by Gasteiger charge is 2.31. The summed E-state index contributed by atoms with van der Waals surface area (Å²) in [4.78, 5) is 23.1. The van der Waals surface area contributed by atoms with Gasteiger partial charge in [-0.1, -0.05) is 31.4 Å². The summed E-state index contributed by atoms with van der Waals surface area (Å²) in [5.74, 6) is -1.81. The molecule has 1 amide bonds. The maximum atomic E-state index is 12.8. The second-order valence-corrected chi connectivity index (χ2v) is 9.87. The van der Waals surface area contributed by atoms with Crippen LogP contribution in [0.3, 0.4) is 0 Å². The van der Waals surface area contributed by atoms with Gasteiger partial charge in [-0.25, -0.2) is 0 Å². The zero-order valence-corrected chi connectivity index (χ0v) is 20.9. The van der Waals surface area contributed by atoms with Gasteiger partial charge in [0.15, 0.2) is 0 Å². The molecule has 9 nitrogen and oxygen atoms in total. The average molecular weight is 553 g/mol. The van der Waals surface area contributed by atoms with E-state index in [4.69, 9.17) is 20.5 Å². The van der Waals surface area contributed by atoms with Gasteiger partial charge in [0.25, 0.3) is 21.7 Å². The van der Waals surface area contributed by atoms with Crippen LogP contribution in [0.2, 0.25) is 5.02 Å². The fourth-order valence-corrected chi connectivity index (χ4v) is 4.29. The van der Waals surface area contributed by atoms with E-state index < -0.39 is 55.8 Å². The Hall–Kier alpha value is -2.90. The highest BCUT2D eigenvalue weighted by molar-refractivity contribution is 7.86. The van der Waals surface area contributed by atoms with Crippen LogP contribution in [0.4, 0.5) is 18.9 Å². The molecule has 1 unspecified atom stereocenters. The minimum atomic E-state index is -4.62. The van der Waals surface area contributed by atoms with Crippen LogP contribution in [0.15, 0.2) is 36.4 Å². The normalized spacial score (nSPS) is 12.7. The molecule has 0 heterocycles. The molecule has 0 aliphatic carbocycles. The number of hydrogen-bond donors (Lipinski definition) is 1. The molecule has 0 radical (unpaired) electrons. The number of benzene rings is 2. The number of carbonyl (C=O) groups excluding carboxylic acids is 1. The lowest BCUT2D eigenvalue weighted by Crippen LogP contribution is -2.31. The van der Waals surface area contributed by atoms with Crippen molar-refractivity contribution in [1.29, 1.82) is 0 Å². The number of nitro groups is 1. The molecule has 2 aromatic rings. The van der Waals surface area contributed by atoms with E-state index >= 15 is 0 Å². The molecule has 0 aliphatic rings. The first kappa shape index (κ1) is 29.3. The smallest absolute Gasteiger partial charge is 0.416 e. The molecule has 0 saturated carbocycles. The number of nitro benzene ring substituents is 1. The number of hydrogen-bond acceptors (Lipinski definition) is 7. The van der Waals surface area contributed by atoms with Crippen molar-refractivity contribution in [1.82, 2.24) is 5.32 Å². The predicted molar refractivity (Wildman–Crippen MR) is 126 cm³/mol. The highest BCUT2D eigenvalue weighted by atomic mass is 35.5. The zero-order chi connectivity index (χ0) is 27.1. The van der Waals surface area contributed by atoms with Crippen molar-refractivity contribution in [2.45, 2.75) is 45.4 Å². The van der Waals surface area contributed by atoms with Crippen molar-refractivity contribution in [2.24, 2.45) is 0 Å². The number of alkyl halides is 3. The van der Waals surface area contributed by atoms with Crippen molar-refractivity contribution in [2.75, 3.05) is 12.3 Å². The van der Waals surface area contributed by atoms with Crippen molar-refractivity contribution in [3.63, 3.8) is 0 Å². The molecule has 0 aromatic heterocycles. The molecular weight excluding hydrogens is 529 g/mol. The summed E-state index contributed by atoms with van der Waals surface area (Å²) in [7, 11) is -3.95. The number of carbonyl (C=O) groups is 1. The van der Waals surface area contributed by atoms with Gasteiger partial charge in [0, 0.05) is 18.7 Å². The Morgan fingerprint density at radius 1 is 1.22 bits per heavy atom. The first-order valence-electron chi connectivity index (χ1n) is 10.8. The lowest BCUT2D eigenvalue weighted by Gasteiger charge is -2.13. The van der Waals surface area contributed by atoms with Crippen LogP contribution in [0.1, 0.15) is 49.0 Å². The summed E-state index contributed by atoms with van der Waals surface area (Å²) >= 11 is 5.86. The monoisotopic (exact) mass is 552 g/mol. The molecule has 0 fully saturated rings. The Morgan fingerprint density at radius 2 is 1.92 bits per heavy atom. The summed E-state index contributed by atoms with van der Waals surface area (Å²) in [5, 5.41) is 13.3. The van der Waals surface area contributed by atoms with Gasteiger partial charge < -0.3 is 10.1 Å². The zero-order valence-electron chi connectivity index (χ0n) is 19.3. The molecule has 0 saturated heterocycles. The largest absolute Gasteiger partial charge is 0.456 e. The molecule has 0 aliphatic heterocycles. The number of unbranched alkanes of at least 4 members (excludes halogenated alkanes) is 1.